The quantitative estimate of drug-likeness (QED) is 0.210. The van der Waals surface area contributed by atoms with Crippen molar-refractivity contribution in [1.29, 1.82) is 5.26 Å². The summed E-state index contributed by atoms with van der Waals surface area (Å²) < 4.78 is 28.9. The largest absolute Gasteiger partial charge is 0.484 e. The monoisotopic (exact) mass is 669 g/mol. The molecule has 248 valence electrons. The van der Waals surface area contributed by atoms with E-state index in [4.69, 9.17) is 9.47 Å². The van der Waals surface area contributed by atoms with Crippen molar-refractivity contribution in [2.45, 2.75) is 52.7 Å². The van der Waals surface area contributed by atoms with Gasteiger partial charge in [-0.3, -0.25) is 19.3 Å². The maximum Gasteiger partial charge on any atom is 0.354 e. The van der Waals surface area contributed by atoms with E-state index >= 15 is 4.39 Å². The number of anilines is 1. The fourth-order valence-electron chi connectivity index (χ4n) is 6.65. The van der Waals surface area contributed by atoms with Crippen LogP contribution in [0.2, 0.25) is 0 Å². The third-order valence-electron chi connectivity index (χ3n) is 8.87. The molecule has 11 nitrogen and oxygen atoms in total. The number of aryl methyl sites for hydroxylation is 2. The lowest BCUT2D eigenvalue weighted by Crippen LogP contribution is -2.55. The van der Waals surface area contributed by atoms with Crippen molar-refractivity contribution in [1.82, 2.24) is 24.4 Å². The Morgan fingerprint density at radius 2 is 2.04 bits per heavy atom. The topological polar surface area (TPSA) is 126 Å². The zero-order valence-corrected chi connectivity index (χ0v) is 28.7. The Balaban J connectivity index is 1.61. The molecule has 1 aromatic carbocycles. The summed E-state index contributed by atoms with van der Waals surface area (Å²) in [6, 6.07) is 5.51. The van der Waals surface area contributed by atoms with Crippen molar-refractivity contribution in [3.63, 3.8) is 0 Å². The summed E-state index contributed by atoms with van der Waals surface area (Å²) in [6.07, 6.45) is 6.38. The predicted molar refractivity (Wildman–Crippen MR) is 185 cm³/mol. The van der Waals surface area contributed by atoms with Crippen molar-refractivity contribution in [3.8, 4) is 28.6 Å². The van der Waals surface area contributed by atoms with Gasteiger partial charge in [0.05, 0.1) is 42.2 Å². The third-order valence-corrected chi connectivity index (χ3v) is 9.28. The number of rotatable bonds is 7. The van der Waals surface area contributed by atoms with Gasteiger partial charge in [0.1, 0.15) is 23.8 Å². The van der Waals surface area contributed by atoms with Crippen LogP contribution in [0.1, 0.15) is 48.7 Å². The molecule has 6 rings (SSSR count). The van der Waals surface area contributed by atoms with Crippen LogP contribution in [-0.2, 0) is 16.1 Å². The van der Waals surface area contributed by atoms with E-state index in [9.17, 15) is 14.9 Å². The molecular weight excluding hydrogens is 632 g/mol. The van der Waals surface area contributed by atoms with Crippen LogP contribution in [0.5, 0.6) is 5.75 Å². The summed E-state index contributed by atoms with van der Waals surface area (Å²) in [5.41, 5.74) is 4.08. The molecule has 3 aromatic heterocycles. The molecule has 1 fully saturated rings. The Morgan fingerprint density at radius 1 is 1.25 bits per heavy atom. The number of ether oxygens (including phenoxy) is 2. The van der Waals surface area contributed by atoms with Gasteiger partial charge in [0.2, 0.25) is 5.91 Å². The Bertz CT molecular complexity index is 2070. The molecule has 2 aliphatic rings. The van der Waals surface area contributed by atoms with Gasteiger partial charge in [0.25, 0.3) is 0 Å². The first kappa shape index (κ1) is 33.2. The van der Waals surface area contributed by atoms with E-state index in [1.165, 1.54) is 12.3 Å². The van der Waals surface area contributed by atoms with Crippen LogP contribution < -0.4 is 20.6 Å². The van der Waals surface area contributed by atoms with E-state index in [2.05, 4.69) is 30.3 Å². The van der Waals surface area contributed by atoms with Gasteiger partial charge in [-0.15, -0.1) is 9.24 Å². The number of benzene rings is 1. The maximum absolute atomic E-state index is 15.9. The molecule has 1 amide bonds. The van der Waals surface area contributed by atoms with Crippen LogP contribution in [0.25, 0.3) is 27.7 Å². The number of piperazine rings is 1. The molecule has 1 unspecified atom stereocenters. The van der Waals surface area contributed by atoms with Crippen LogP contribution >= 0.6 is 9.24 Å². The maximum atomic E-state index is 15.9. The minimum absolute atomic E-state index is 0.0132. The smallest absolute Gasteiger partial charge is 0.354 e. The average Bonchev–Trinajstić information content (AvgIpc) is 3.06. The second-order valence-electron chi connectivity index (χ2n) is 12.4. The normalized spacial score (nSPS) is 15.9. The number of halogens is 1. The van der Waals surface area contributed by atoms with E-state index < -0.39 is 17.5 Å². The molecule has 5 heterocycles. The van der Waals surface area contributed by atoms with Crippen molar-refractivity contribution < 1.29 is 18.7 Å². The van der Waals surface area contributed by atoms with Gasteiger partial charge >= 0.3 is 5.69 Å². The Hall–Kier alpha value is -4.72. The number of carbonyl (C=O) groups is 1. The molecule has 0 bridgehead atoms. The zero-order valence-electron chi connectivity index (χ0n) is 27.6. The molecule has 2 atom stereocenters. The molecule has 0 aliphatic carbocycles. The van der Waals surface area contributed by atoms with Crippen molar-refractivity contribution in [2.75, 3.05) is 38.3 Å². The fourth-order valence-corrected chi connectivity index (χ4v) is 6.87. The number of aromatic nitrogens is 4. The number of fused-ring (bicyclic) bond motifs is 5. The molecule has 0 spiro atoms. The standard InChI is InChI=1S/C35H37FN7O4P/c1-19(2)30-31(20(3)9-11-38-30)43-32-23(15-21(4)27-28-24(18-47-33(27)32)39-16-25(48)29(28)36)34(40-35(43)45)41-12-13-42(22(17-41)8-10-37)26(44)7-6-14-46-5/h6-7,9,11,15-16,19,22H,8,12-14,17-18,48H2,1-5H3/b7-6+/t22-/m0/s1. The van der Waals surface area contributed by atoms with E-state index in [1.54, 1.807) is 28.8 Å². The predicted octanol–water partition coefficient (Wildman–Crippen LogP) is 4.25. The number of pyridine rings is 2. The minimum atomic E-state index is -0.549. The highest BCUT2D eigenvalue weighted by atomic mass is 31.0. The first-order chi connectivity index (χ1) is 23.1. The highest BCUT2D eigenvalue weighted by molar-refractivity contribution is 7.27. The van der Waals surface area contributed by atoms with Crippen LogP contribution in [-0.4, -0.2) is 69.7 Å². The Kier molecular flexibility index (Phi) is 9.28. The van der Waals surface area contributed by atoms with Crippen LogP contribution in [0.3, 0.4) is 0 Å². The van der Waals surface area contributed by atoms with E-state index in [0.29, 0.717) is 75.7 Å². The lowest BCUT2D eigenvalue weighted by Gasteiger charge is -2.41. The first-order valence-electron chi connectivity index (χ1n) is 15.8. The fraction of sp³-hybridized carbons (Fsp3) is 0.371. The molecule has 13 heteroatoms. The SMILES string of the molecule is COC/C=C/C(=O)N1CCN(c2nc(=O)n(-c3c(C)ccnc3C(C)C)c3c4c(c(C)cc23)-c2c(ncc(P)c2F)CO4)C[C@@H]1CC#N. The van der Waals surface area contributed by atoms with E-state index in [0.717, 1.165) is 11.1 Å². The number of methoxy groups -OCH3 is 1. The van der Waals surface area contributed by atoms with Gasteiger partial charge in [-0.1, -0.05) is 19.9 Å². The molecule has 0 radical (unpaired) electrons. The average molecular weight is 670 g/mol. The summed E-state index contributed by atoms with van der Waals surface area (Å²) in [4.78, 5) is 44.9. The molecule has 0 saturated carbocycles. The van der Waals surface area contributed by atoms with E-state index in [1.807, 2.05) is 44.7 Å². The minimum Gasteiger partial charge on any atom is -0.484 e. The highest BCUT2D eigenvalue weighted by Crippen LogP contribution is 2.47. The summed E-state index contributed by atoms with van der Waals surface area (Å²) in [6.45, 7) is 9.08. The summed E-state index contributed by atoms with van der Waals surface area (Å²) in [5.74, 6) is 0.108. The molecule has 1 saturated heterocycles. The van der Waals surface area contributed by atoms with Gasteiger partial charge in [0.15, 0.2) is 5.75 Å². The summed E-state index contributed by atoms with van der Waals surface area (Å²) >= 11 is 0. The van der Waals surface area contributed by atoms with Gasteiger partial charge in [-0.2, -0.15) is 10.2 Å². The number of nitrogens with zero attached hydrogens (tertiary/aromatic N) is 7. The van der Waals surface area contributed by atoms with Crippen molar-refractivity contribution >= 4 is 37.2 Å². The summed E-state index contributed by atoms with van der Waals surface area (Å²) in [5, 5.41) is 10.6. The third kappa shape index (κ3) is 5.71. The lowest BCUT2D eigenvalue weighted by molar-refractivity contribution is -0.128. The number of hydrogen-bond acceptors (Lipinski definition) is 9. The Morgan fingerprint density at radius 3 is 2.77 bits per heavy atom. The van der Waals surface area contributed by atoms with Gasteiger partial charge in [0, 0.05) is 67.0 Å². The van der Waals surface area contributed by atoms with Crippen molar-refractivity contribution in [2.24, 2.45) is 0 Å². The van der Waals surface area contributed by atoms with Crippen LogP contribution in [0, 0.1) is 31.0 Å². The number of nitriles is 1. The van der Waals surface area contributed by atoms with Gasteiger partial charge in [-0.25, -0.2) is 9.18 Å². The zero-order chi connectivity index (χ0) is 34.3. The molecule has 4 aromatic rings. The Labute approximate surface area is 280 Å². The molecular formula is C35H37FN7O4P. The number of carbonyl (C=O) groups excluding carboxylic acids is 1. The number of amides is 1. The lowest BCUT2D eigenvalue weighted by atomic mass is 9.93. The molecule has 2 aliphatic heterocycles. The van der Waals surface area contributed by atoms with E-state index in [-0.39, 0.29) is 31.4 Å². The first-order valence-corrected chi connectivity index (χ1v) is 16.3. The van der Waals surface area contributed by atoms with Crippen molar-refractivity contribution in [3.05, 3.63) is 75.5 Å². The number of hydrogen-bond donors (Lipinski definition) is 0. The van der Waals surface area contributed by atoms with Gasteiger partial charge in [-0.05, 0) is 43.0 Å². The van der Waals surface area contributed by atoms with Gasteiger partial charge < -0.3 is 19.3 Å². The molecule has 48 heavy (non-hydrogen) atoms. The highest BCUT2D eigenvalue weighted by Gasteiger charge is 2.35. The molecule has 0 N–H and O–H groups in total. The van der Waals surface area contributed by atoms with Crippen LogP contribution in [0.15, 0.2) is 41.5 Å². The van der Waals surface area contributed by atoms with Crippen LogP contribution in [0.4, 0.5) is 10.2 Å². The second-order valence-corrected chi connectivity index (χ2v) is 13.0. The second kappa shape index (κ2) is 13.4. The summed E-state index contributed by atoms with van der Waals surface area (Å²) in [7, 11) is 3.94.